The van der Waals surface area contributed by atoms with E-state index < -0.39 is 12.1 Å². The van der Waals surface area contributed by atoms with Gasteiger partial charge in [0.25, 0.3) is 5.91 Å². The normalized spacial score (nSPS) is 15.5. The van der Waals surface area contributed by atoms with Gasteiger partial charge in [0.1, 0.15) is 0 Å². The topological polar surface area (TPSA) is 73.7 Å². The summed E-state index contributed by atoms with van der Waals surface area (Å²) >= 11 is 6.18. The molecule has 144 valence electrons. The average molecular weight is 392 g/mol. The van der Waals surface area contributed by atoms with E-state index in [1.807, 2.05) is 13.8 Å². The van der Waals surface area contributed by atoms with Gasteiger partial charge in [0.05, 0.1) is 40.9 Å². The highest BCUT2D eigenvalue weighted by atomic mass is 35.5. The molecule has 27 heavy (non-hydrogen) atoms. The van der Waals surface area contributed by atoms with Crippen LogP contribution in [0.5, 0.6) is 0 Å². The van der Waals surface area contributed by atoms with Gasteiger partial charge in [-0.05, 0) is 45.0 Å². The Labute approximate surface area is 162 Å². The first-order valence-corrected chi connectivity index (χ1v) is 9.16. The molecule has 2 heterocycles. The molecule has 0 unspecified atom stereocenters. The lowest BCUT2D eigenvalue weighted by atomic mass is 10.2. The maximum Gasteiger partial charge on any atom is 0.338 e. The SMILES string of the molecule is Cc1nn(-c2ccc(C(=O)O[C@H](C)C(=O)N3CCOCC3)cc2)c(C)c1Cl. The van der Waals surface area contributed by atoms with Gasteiger partial charge >= 0.3 is 5.97 Å². The Kier molecular flexibility index (Phi) is 5.82. The molecule has 0 bridgehead atoms. The molecule has 3 rings (SSSR count). The van der Waals surface area contributed by atoms with E-state index in [0.717, 1.165) is 17.1 Å². The van der Waals surface area contributed by atoms with Crippen molar-refractivity contribution in [2.24, 2.45) is 0 Å². The summed E-state index contributed by atoms with van der Waals surface area (Å²) in [6, 6.07) is 6.82. The van der Waals surface area contributed by atoms with Gasteiger partial charge in [-0.1, -0.05) is 11.6 Å². The van der Waals surface area contributed by atoms with Crippen LogP contribution in [0.4, 0.5) is 0 Å². The molecule has 2 aromatic rings. The van der Waals surface area contributed by atoms with Crippen molar-refractivity contribution in [3.8, 4) is 5.69 Å². The van der Waals surface area contributed by atoms with Gasteiger partial charge in [-0.25, -0.2) is 9.48 Å². The summed E-state index contributed by atoms with van der Waals surface area (Å²) in [6.45, 7) is 7.34. The summed E-state index contributed by atoms with van der Waals surface area (Å²) in [6.07, 6.45) is -0.843. The number of rotatable bonds is 4. The minimum atomic E-state index is -0.843. The minimum Gasteiger partial charge on any atom is -0.449 e. The molecule has 0 saturated carbocycles. The number of hydrogen-bond donors (Lipinski definition) is 0. The zero-order valence-electron chi connectivity index (χ0n) is 15.6. The molecule has 1 aliphatic heterocycles. The highest BCUT2D eigenvalue weighted by molar-refractivity contribution is 6.31. The summed E-state index contributed by atoms with van der Waals surface area (Å²) in [7, 11) is 0. The molecule has 0 spiro atoms. The van der Waals surface area contributed by atoms with E-state index in [1.165, 1.54) is 0 Å². The van der Waals surface area contributed by atoms with Crippen molar-refractivity contribution < 1.29 is 19.1 Å². The van der Waals surface area contributed by atoms with Crippen molar-refractivity contribution in [3.05, 3.63) is 46.2 Å². The number of halogens is 1. The number of benzene rings is 1. The van der Waals surface area contributed by atoms with Gasteiger partial charge in [-0.2, -0.15) is 5.10 Å². The fourth-order valence-electron chi connectivity index (χ4n) is 2.93. The fraction of sp³-hybridized carbons (Fsp3) is 0.421. The zero-order valence-corrected chi connectivity index (χ0v) is 16.3. The Hall–Kier alpha value is -2.38. The first-order valence-electron chi connectivity index (χ1n) is 8.78. The van der Waals surface area contributed by atoms with Crippen LogP contribution >= 0.6 is 11.6 Å². The monoisotopic (exact) mass is 391 g/mol. The van der Waals surface area contributed by atoms with E-state index >= 15 is 0 Å². The summed E-state index contributed by atoms with van der Waals surface area (Å²) < 4.78 is 12.3. The van der Waals surface area contributed by atoms with Crippen molar-refractivity contribution in [2.45, 2.75) is 26.9 Å². The number of carbonyl (C=O) groups excluding carboxylic acids is 2. The number of amides is 1. The molecule has 1 aliphatic rings. The fourth-order valence-corrected chi connectivity index (χ4v) is 3.05. The van der Waals surface area contributed by atoms with E-state index in [2.05, 4.69) is 5.10 Å². The molecule has 1 aromatic heterocycles. The number of esters is 1. The Balaban J connectivity index is 1.66. The maximum atomic E-state index is 12.4. The van der Waals surface area contributed by atoms with Crippen molar-refractivity contribution in [3.63, 3.8) is 0 Å². The third-order valence-electron chi connectivity index (χ3n) is 4.50. The number of ether oxygens (including phenoxy) is 2. The molecule has 1 atom stereocenters. The van der Waals surface area contributed by atoms with E-state index in [0.29, 0.717) is 36.9 Å². The second-order valence-electron chi connectivity index (χ2n) is 6.43. The molecule has 8 heteroatoms. The minimum absolute atomic E-state index is 0.208. The van der Waals surface area contributed by atoms with Gasteiger partial charge in [0.2, 0.25) is 0 Å². The molecule has 1 aromatic carbocycles. The van der Waals surface area contributed by atoms with Crippen LogP contribution in [0.3, 0.4) is 0 Å². The van der Waals surface area contributed by atoms with Crippen molar-refractivity contribution in [1.29, 1.82) is 0 Å². The molecule has 7 nitrogen and oxygen atoms in total. The lowest BCUT2D eigenvalue weighted by Gasteiger charge is -2.28. The number of aromatic nitrogens is 2. The standard InChI is InChI=1S/C19H22ClN3O4/c1-12-17(20)13(2)23(21-12)16-6-4-15(5-7-16)19(25)27-14(3)18(24)22-8-10-26-11-9-22/h4-7,14H,8-11H2,1-3H3/t14-/m1/s1. The molecule has 0 N–H and O–H groups in total. The van der Waals surface area contributed by atoms with Crippen LogP contribution in [-0.4, -0.2) is 59.0 Å². The third kappa shape index (κ3) is 4.14. The predicted octanol–water partition coefficient (Wildman–Crippen LogP) is 2.55. The largest absolute Gasteiger partial charge is 0.449 e. The smallest absolute Gasteiger partial charge is 0.338 e. The van der Waals surface area contributed by atoms with Crippen LogP contribution in [-0.2, 0) is 14.3 Å². The Morgan fingerprint density at radius 2 is 1.81 bits per heavy atom. The number of hydrogen-bond acceptors (Lipinski definition) is 5. The van der Waals surface area contributed by atoms with Crippen molar-refractivity contribution >= 4 is 23.5 Å². The summed E-state index contributed by atoms with van der Waals surface area (Å²) in [4.78, 5) is 26.3. The van der Waals surface area contributed by atoms with E-state index in [-0.39, 0.29) is 5.91 Å². The van der Waals surface area contributed by atoms with E-state index in [4.69, 9.17) is 21.1 Å². The number of nitrogens with zero attached hydrogens (tertiary/aromatic N) is 3. The summed E-state index contributed by atoms with van der Waals surface area (Å²) in [5, 5.41) is 5.01. The van der Waals surface area contributed by atoms with Crippen LogP contribution < -0.4 is 0 Å². The Morgan fingerprint density at radius 1 is 1.19 bits per heavy atom. The van der Waals surface area contributed by atoms with Crippen LogP contribution in [0.15, 0.2) is 24.3 Å². The van der Waals surface area contributed by atoms with Gasteiger partial charge in [-0.15, -0.1) is 0 Å². The molecular weight excluding hydrogens is 370 g/mol. The lowest BCUT2D eigenvalue weighted by Crippen LogP contribution is -2.46. The van der Waals surface area contributed by atoms with Gasteiger partial charge in [-0.3, -0.25) is 4.79 Å². The van der Waals surface area contributed by atoms with Gasteiger partial charge in [0.15, 0.2) is 6.10 Å². The molecule has 1 amide bonds. The van der Waals surface area contributed by atoms with Crippen LogP contribution in [0.1, 0.15) is 28.7 Å². The Morgan fingerprint density at radius 3 is 2.37 bits per heavy atom. The van der Waals surface area contributed by atoms with Crippen molar-refractivity contribution in [1.82, 2.24) is 14.7 Å². The summed E-state index contributed by atoms with van der Waals surface area (Å²) in [5.41, 5.74) is 2.73. The lowest BCUT2D eigenvalue weighted by molar-refractivity contribution is -0.143. The van der Waals surface area contributed by atoms with Crippen LogP contribution in [0, 0.1) is 13.8 Å². The molecule has 1 fully saturated rings. The zero-order chi connectivity index (χ0) is 19.6. The first-order chi connectivity index (χ1) is 12.9. The third-order valence-corrected chi connectivity index (χ3v) is 5.05. The quantitative estimate of drug-likeness (QED) is 0.749. The maximum absolute atomic E-state index is 12.4. The number of aryl methyl sites for hydroxylation is 1. The van der Waals surface area contributed by atoms with E-state index in [9.17, 15) is 9.59 Å². The highest BCUT2D eigenvalue weighted by Crippen LogP contribution is 2.22. The van der Waals surface area contributed by atoms with Crippen LogP contribution in [0.25, 0.3) is 5.69 Å². The Bertz CT molecular complexity index is 841. The molecule has 0 aliphatic carbocycles. The molecular formula is C19H22ClN3O4. The number of carbonyl (C=O) groups is 2. The van der Waals surface area contributed by atoms with Gasteiger partial charge in [0, 0.05) is 13.1 Å². The predicted molar refractivity (Wildman–Crippen MR) is 100 cm³/mol. The number of morpholine rings is 1. The first kappa shape index (κ1) is 19.4. The highest BCUT2D eigenvalue weighted by Gasteiger charge is 2.25. The van der Waals surface area contributed by atoms with E-state index in [1.54, 1.807) is 40.8 Å². The summed E-state index contributed by atoms with van der Waals surface area (Å²) in [5.74, 6) is -0.748. The molecule has 0 radical (unpaired) electrons. The second kappa shape index (κ2) is 8.10. The second-order valence-corrected chi connectivity index (χ2v) is 6.81. The van der Waals surface area contributed by atoms with Crippen LogP contribution in [0.2, 0.25) is 5.02 Å². The van der Waals surface area contributed by atoms with Crippen molar-refractivity contribution in [2.75, 3.05) is 26.3 Å². The average Bonchev–Trinajstić information content (AvgIpc) is 2.95. The molecule has 1 saturated heterocycles. The van der Waals surface area contributed by atoms with Gasteiger partial charge < -0.3 is 14.4 Å².